The summed E-state index contributed by atoms with van der Waals surface area (Å²) in [5.74, 6) is 0.826. The average Bonchev–Trinajstić information content (AvgIpc) is 2.16. The van der Waals surface area contributed by atoms with Gasteiger partial charge in [0.1, 0.15) is 5.75 Å². The van der Waals surface area contributed by atoms with Gasteiger partial charge in [-0.3, -0.25) is 0 Å². The number of hydrogen-bond acceptors (Lipinski definition) is 2. The van der Waals surface area contributed by atoms with Gasteiger partial charge in [0.05, 0.1) is 13.2 Å². The van der Waals surface area contributed by atoms with Crippen LogP contribution in [-0.4, -0.2) is 7.11 Å². The molecule has 0 saturated carbocycles. The van der Waals surface area contributed by atoms with E-state index in [-0.39, 0.29) is 6.04 Å². The molecule has 70 valence electrons. The molecule has 1 rings (SSSR count). The number of aryl methyl sites for hydroxylation is 1. The summed E-state index contributed by atoms with van der Waals surface area (Å²) in [5.41, 5.74) is 7.96. The molecule has 0 aromatic heterocycles. The third-order valence-corrected chi connectivity index (χ3v) is 2.00. The fraction of sp³-hybridized carbons (Fsp3) is 0.273. The van der Waals surface area contributed by atoms with Crippen molar-refractivity contribution in [2.24, 2.45) is 5.73 Å². The van der Waals surface area contributed by atoms with Crippen molar-refractivity contribution in [1.29, 1.82) is 0 Å². The first-order valence-electron chi connectivity index (χ1n) is 4.21. The number of ether oxygens (including phenoxy) is 1. The van der Waals surface area contributed by atoms with Crippen molar-refractivity contribution in [2.45, 2.75) is 13.0 Å². The van der Waals surface area contributed by atoms with Crippen LogP contribution in [0.2, 0.25) is 0 Å². The highest BCUT2D eigenvalue weighted by Gasteiger charge is 2.07. The summed E-state index contributed by atoms with van der Waals surface area (Å²) in [6.07, 6.45) is 1.70. The fourth-order valence-corrected chi connectivity index (χ4v) is 1.22. The smallest absolute Gasteiger partial charge is 0.124 e. The van der Waals surface area contributed by atoms with E-state index in [0.717, 1.165) is 16.9 Å². The quantitative estimate of drug-likeness (QED) is 0.718. The van der Waals surface area contributed by atoms with Crippen molar-refractivity contribution in [3.05, 3.63) is 42.0 Å². The van der Waals surface area contributed by atoms with E-state index < -0.39 is 0 Å². The van der Waals surface area contributed by atoms with E-state index in [0.29, 0.717) is 0 Å². The van der Waals surface area contributed by atoms with Gasteiger partial charge in [0, 0.05) is 5.56 Å². The largest absolute Gasteiger partial charge is 0.496 e. The Hall–Kier alpha value is -1.28. The predicted molar refractivity (Wildman–Crippen MR) is 54.9 cm³/mol. The standard InChI is InChI=1S/C11H15NO/c1-4-10(12)9-6-5-8(2)7-11(9)13-3/h4-7,10H,1,12H2,2-3H3. The van der Waals surface area contributed by atoms with E-state index in [1.165, 1.54) is 0 Å². The van der Waals surface area contributed by atoms with E-state index >= 15 is 0 Å². The third-order valence-electron chi connectivity index (χ3n) is 2.00. The molecule has 0 aliphatic heterocycles. The Bertz CT molecular complexity index is 307. The van der Waals surface area contributed by atoms with Crippen LogP contribution >= 0.6 is 0 Å². The van der Waals surface area contributed by atoms with E-state index in [9.17, 15) is 0 Å². The van der Waals surface area contributed by atoms with Crippen LogP contribution in [0.3, 0.4) is 0 Å². The average molecular weight is 177 g/mol. The predicted octanol–water partition coefficient (Wildman–Crippen LogP) is 2.19. The number of benzene rings is 1. The molecule has 2 nitrogen and oxygen atoms in total. The Morgan fingerprint density at radius 3 is 2.77 bits per heavy atom. The lowest BCUT2D eigenvalue weighted by atomic mass is 10.0. The van der Waals surface area contributed by atoms with E-state index in [1.54, 1.807) is 13.2 Å². The van der Waals surface area contributed by atoms with Crippen LogP contribution in [0, 0.1) is 6.92 Å². The van der Waals surface area contributed by atoms with Crippen molar-refractivity contribution in [2.75, 3.05) is 7.11 Å². The van der Waals surface area contributed by atoms with Gasteiger partial charge in [0.15, 0.2) is 0 Å². The molecule has 0 amide bonds. The molecule has 0 radical (unpaired) electrons. The van der Waals surface area contributed by atoms with Gasteiger partial charge in [0.2, 0.25) is 0 Å². The zero-order valence-corrected chi connectivity index (χ0v) is 8.08. The van der Waals surface area contributed by atoms with Crippen LogP contribution in [0.5, 0.6) is 5.75 Å². The monoisotopic (exact) mass is 177 g/mol. The summed E-state index contributed by atoms with van der Waals surface area (Å²) >= 11 is 0. The molecule has 0 fully saturated rings. The fourth-order valence-electron chi connectivity index (χ4n) is 1.22. The number of hydrogen-bond donors (Lipinski definition) is 1. The maximum absolute atomic E-state index is 5.82. The molecule has 0 heterocycles. The molecule has 1 atom stereocenters. The van der Waals surface area contributed by atoms with Crippen molar-refractivity contribution in [1.82, 2.24) is 0 Å². The molecule has 1 aromatic carbocycles. The summed E-state index contributed by atoms with van der Waals surface area (Å²) in [5, 5.41) is 0. The second-order valence-electron chi connectivity index (χ2n) is 3.01. The van der Waals surface area contributed by atoms with Gasteiger partial charge >= 0.3 is 0 Å². The molecule has 1 unspecified atom stereocenters. The van der Waals surface area contributed by atoms with Crippen LogP contribution in [0.15, 0.2) is 30.9 Å². The first-order chi connectivity index (χ1) is 6.19. The molecule has 0 bridgehead atoms. The lowest BCUT2D eigenvalue weighted by Gasteiger charge is -2.12. The Morgan fingerprint density at radius 1 is 1.54 bits per heavy atom. The minimum atomic E-state index is -0.157. The molecular weight excluding hydrogens is 162 g/mol. The molecule has 0 aliphatic carbocycles. The van der Waals surface area contributed by atoms with Gasteiger partial charge < -0.3 is 10.5 Å². The first-order valence-corrected chi connectivity index (χ1v) is 4.21. The van der Waals surface area contributed by atoms with E-state index in [2.05, 4.69) is 6.58 Å². The molecule has 2 heteroatoms. The Balaban J connectivity index is 3.12. The highest BCUT2D eigenvalue weighted by atomic mass is 16.5. The zero-order chi connectivity index (χ0) is 9.84. The first kappa shape index (κ1) is 9.81. The van der Waals surface area contributed by atoms with Gasteiger partial charge in [0.25, 0.3) is 0 Å². The van der Waals surface area contributed by atoms with Crippen molar-refractivity contribution >= 4 is 0 Å². The Labute approximate surface area is 79.0 Å². The second kappa shape index (κ2) is 4.10. The van der Waals surface area contributed by atoms with E-state index in [4.69, 9.17) is 10.5 Å². The van der Waals surface area contributed by atoms with Crippen LogP contribution in [0.25, 0.3) is 0 Å². The third kappa shape index (κ3) is 2.10. The highest BCUT2D eigenvalue weighted by molar-refractivity contribution is 5.40. The minimum Gasteiger partial charge on any atom is -0.496 e. The maximum atomic E-state index is 5.82. The molecule has 13 heavy (non-hydrogen) atoms. The second-order valence-corrected chi connectivity index (χ2v) is 3.01. The topological polar surface area (TPSA) is 35.2 Å². The molecule has 2 N–H and O–H groups in total. The summed E-state index contributed by atoms with van der Waals surface area (Å²) in [6.45, 7) is 5.67. The minimum absolute atomic E-state index is 0.157. The Kier molecular flexibility index (Phi) is 3.09. The van der Waals surface area contributed by atoms with Gasteiger partial charge in [-0.15, -0.1) is 6.58 Å². The summed E-state index contributed by atoms with van der Waals surface area (Å²) in [6, 6.07) is 5.80. The SMILES string of the molecule is C=CC(N)c1ccc(C)cc1OC. The number of nitrogens with two attached hydrogens (primary N) is 1. The van der Waals surface area contributed by atoms with Gasteiger partial charge in [-0.2, -0.15) is 0 Å². The summed E-state index contributed by atoms with van der Waals surface area (Å²) in [4.78, 5) is 0. The van der Waals surface area contributed by atoms with E-state index in [1.807, 2.05) is 25.1 Å². The Morgan fingerprint density at radius 2 is 2.23 bits per heavy atom. The van der Waals surface area contributed by atoms with Crippen molar-refractivity contribution in [3.63, 3.8) is 0 Å². The zero-order valence-electron chi connectivity index (χ0n) is 8.08. The lowest BCUT2D eigenvalue weighted by molar-refractivity contribution is 0.408. The van der Waals surface area contributed by atoms with Gasteiger partial charge in [-0.1, -0.05) is 18.2 Å². The van der Waals surface area contributed by atoms with Crippen molar-refractivity contribution in [3.8, 4) is 5.75 Å². The van der Waals surface area contributed by atoms with Gasteiger partial charge in [-0.25, -0.2) is 0 Å². The van der Waals surface area contributed by atoms with Crippen molar-refractivity contribution < 1.29 is 4.74 Å². The molecular formula is C11H15NO. The molecule has 0 aliphatic rings. The van der Waals surface area contributed by atoms with Gasteiger partial charge in [-0.05, 0) is 18.6 Å². The molecule has 0 spiro atoms. The normalized spacial score (nSPS) is 12.2. The van der Waals surface area contributed by atoms with Crippen LogP contribution in [0.4, 0.5) is 0 Å². The lowest BCUT2D eigenvalue weighted by Crippen LogP contribution is -2.08. The van der Waals surface area contributed by atoms with Crippen LogP contribution < -0.4 is 10.5 Å². The molecule has 0 saturated heterocycles. The number of rotatable bonds is 3. The maximum Gasteiger partial charge on any atom is 0.124 e. The highest BCUT2D eigenvalue weighted by Crippen LogP contribution is 2.25. The summed E-state index contributed by atoms with van der Waals surface area (Å²) in [7, 11) is 1.65. The molecule has 1 aromatic rings. The summed E-state index contributed by atoms with van der Waals surface area (Å²) < 4.78 is 5.22. The van der Waals surface area contributed by atoms with Crippen LogP contribution in [-0.2, 0) is 0 Å². The number of methoxy groups -OCH3 is 1. The van der Waals surface area contributed by atoms with Crippen LogP contribution in [0.1, 0.15) is 17.2 Å².